The van der Waals surface area contributed by atoms with Crippen molar-refractivity contribution in [3.63, 3.8) is 0 Å². The number of rotatable bonds is 6. The molecule has 2 aromatic rings. The fourth-order valence-electron chi connectivity index (χ4n) is 2.64. The highest BCUT2D eigenvalue weighted by molar-refractivity contribution is 5.94. The van der Waals surface area contributed by atoms with Crippen molar-refractivity contribution in [2.24, 2.45) is 0 Å². The zero-order valence-electron chi connectivity index (χ0n) is 15.2. The zero-order valence-corrected chi connectivity index (χ0v) is 15.2. The van der Waals surface area contributed by atoms with Crippen LogP contribution >= 0.6 is 0 Å². The van der Waals surface area contributed by atoms with E-state index in [2.05, 4.69) is 0 Å². The molecule has 0 saturated heterocycles. The third kappa shape index (κ3) is 4.25. The van der Waals surface area contributed by atoms with Gasteiger partial charge in [0.1, 0.15) is 5.75 Å². The van der Waals surface area contributed by atoms with E-state index in [9.17, 15) is 18.4 Å². The second-order valence-corrected chi connectivity index (χ2v) is 6.11. The molecule has 0 saturated carbocycles. The molecule has 1 atom stereocenters. The summed E-state index contributed by atoms with van der Waals surface area (Å²) in [5, 5.41) is 0. The van der Waals surface area contributed by atoms with Crippen molar-refractivity contribution < 1.29 is 23.1 Å². The van der Waals surface area contributed by atoms with E-state index >= 15 is 0 Å². The third-order valence-corrected chi connectivity index (χ3v) is 4.43. The minimum Gasteiger partial charge on any atom is -0.496 e. The lowest BCUT2D eigenvalue weighted by Gasteiger charge is -2.26. The van der Waals surface area contributed by atoms with Gasteiger partial charge in [0.15, 0.2) is 17.4 Å². The summed E-state index contributed by atoms with van der Waals surface area (Å²) in [7, 11) is 3.08. The predicted octanol–water partition coefficient (Wildman–Crippen LogP) is 3.94. The summed E-state index contributed by atoms with van der Waals surface area (Å²) < 4.78 is 31.8. The van der Waals surface area contributed by atoms with Crippen molar-refractivity contribution in [1.29, 1.82) is 0 Å². The number of Topliss-reactive ketones (excluding diaryl/α,β-unsaturated/α-hetero) is 1. The number of hydrogen-bond donors (Lipinski definition) is 0. The van der Waals surface area contributed by atoms with E-state index in [0.717, 1.165) is 12.1 Å². The van der Waals surface area contributed by atoms with Gasteiger partial charge in [0.05, 0.1) is 19.6 Å². The first kappa shape index (κ1) is 19.6. The Hall–Kier alpha value is -2.76. The number of nitrogens with zero attached hydrogens (tertiary/aromatic N) is 1. The van der Waals surface area contributed by atoms with Gasteiger partial charge in [0.2, 0.25) is 5.91 Å². The van der Waals surface area contributed by atoms with E-state index in [0.29, 0.717) is 22.4 Å². The summed E-state index contributed by atoms with van der Waals surface area (Å²) in [4.78, 5) is 25.7. The Bertz CT molecular complexity index is 836. The Morgan fingerprint density at radius 1 is 1.12 bits per heavy atom. The number of benzene rings is 2. The third-order valence-electron chi connectivity index (χ3n) is 4.43. The second kappa shape index (κ2) is 8.08. The molecule has 0 aliphatic rings. The van der Waals surface area contributed by atoms with Crippen LogP contribution in [0.1, 0.15) is 41.4 Å². The molecule has 0 aromatic heterocycles. The fourth-order valence-corrected chi connectivity index (χ4v) is 2.64. The van der Waals surface area contributed by atoms with Crippen LogP contribution < -0.4 is 4.74 Å². The van der Waals surface area contributed by atoms with Gasteiger partial charge >= 0.3 is 0 Å². The van der Waals surface area contributed by atoms with E-state index in [1.807, 2.05) is 0 Å². The summed E-state index contributed by atoms with van der Waals surface area (Å²) in [6.45, 7) is 3.18. The lowest BCUT2D eigenvalue weighted by Crippen LogP contribution is -2.31. The number of carbonyl (C=O) groups is 2. The number of likely N-dealkylation sites (N-methyl/N-ethyl adjacent to an activating group) is 1. The molecule has 2 aromatic carbocycles. The molecular formula is C20H21F2NO3. The van der Waals surface area contributed by atoms with Gasteiger partial charge in [-0.2, -0.15) is 0 Å². The molecule has 0 bridgehead atoms. The van der Waals surface area contributed by atoms with Crippen LogP contribution in [0.4, 0.5) is 8.78 Å². The maximum atomic E-state index is 13.4. The maximum absolute atomic E-state index is 13.4. The van der Waals surface area contributed by atoms with Crippen molar-refractivity contribution in [2.75, 3.05) is 14.2 Å². The predicted molar refractivity (Wildman–Crippen MR) is 94.2 cm³/mol. The number of carbonyl (C=O) groups excluding carboxylic acids is 2. The topological polar surface area (TPSA) is 46.6 Å². The molecule has 6 heteroatoms. The number of amides is 1. The monoisotopic (exact) mass is 361 g/mol. The highest BCUT2D eigenvalue weighted by Gasteiger charge is 2.20. The van der Waals surface area contributed by atoms with Crippen LogP contribution in [0.5, 0.6) is 5.75 Å². The van der Waals surface area contributed by atoms with Crippen LogP contribution in [0.15, 0.2) is 36.4 Å². The number of halogens is 2. The van der Waals surface area contributed by atoms with Crippen molar-refractivity contribution in [2.45, 2.75) is 26.3 Å². The molecule has 0 fully saturated rings. The average molecular weight is 361 g/mol. The van der Waals surface area contributed by atoms with Crippen LogP contribution in [0.3, 0.4) is 0 Å². The zero-order chi connectivity index (χ0) is 19.4. The minimum atomic E-state index is -0.953. The number of hydrogen-bond acceptors (Lipinski definition) is 3. The van der Waals surface area contributed by atoms with Crippen LogP contribution in [0.2, 0.25) is 0 Å². The highest BCUT2D eigenvalue weighted by atomic mass is 19.2. The largest absolute Gasteiger partial charge is 0.496 e. The van der Waals surface area contributed by atoms with Gasteiger partial charge < -0.3 is 9.64 Å². The molecule has 0 radical (unpaired) electrons. The first-order chi connectivity index (χ1) is 12.2. The van der Waals surface area contributed by atoms with Gasteiger partial charge in [0.25, 0.3) is 0 Å². The van der Waals surface area contributed by atoms with Crippen LogP contribution in [-0.4, -0.2) is 30.7 Å². The summed E-state index contributed by atoms with van der Waals surface area (Å²) in [6, 6.07) is 8.05. The Morgan fingerprint density at radius 2 is 1.81 bits per heavy atom. The van der Waals surface area contributed by atoms with Gasteiger partial charge in [-0.25, -0.2) is 8.78 Å². The molecule has 4 nitrogen and oxygen atoms in total. The van der Waals surface area contributed by atoms with Gasteiger partial charge in [-0.3, -0.25) is 9.59 Å². The van der Waals surface area contributed by atoms with Crippen LogP contribution in [-0.2, 0) is 11.2 Å². The molecule has 0 N–H and O–H groups in total. The van der Waals surface area contributed by atoms with Crippen LogP contribution in [0, 0.1) is 11.6 Å². The van der Waals surface area contributed by atoms with Crippen molar-refractivity contribution in [3.05, 3.63) is 64.7 Å². The molecule has 0 unspecified atom stereocenters. The van der Waals surface area contributed by atoms with E-state index < -0.39 is 17.7 Å². The van der Waals surface area contributed by atoms with E-state index in [4.69, 9.17) is 4.74 Å². The smallest absolute Gasteiger partial charge is 0.227 e. The molecule has 0 heterocycles. The minimum absolute atomic E-state index is 0.0226. The molecule has 0 aliphatic heterocycles. The average Bonchev–Trinajstić information content (AvgIpc) is 2.62. The van der Waals surface area contributed by atoms with E-state index in [1.54, 1.807) is 32.2 Å². The van der Waals surface area contributed by atoms with Crippen molar-refractivity contribution in [3.8, 4) is 5.75 Å². The van der Waals surface area contributed by atoms with Crippen molar-refractivity contribution in [1.82, 2.24) is 4.90 Å². The second-order valence-electron chi connectivity index (χ2n) is 6.11. The number of methoxy groups -OCH3 is 1. The van der Waals surface area contributed by atoms with E-state index in [-0.39, 0.29) is 18.1 Å². The highest BCUT2D eigenvalue weighted by Crippen LogP contribution is 2.25. The molecule has 26 heavy (non-hydrogen) atoms. The Morgan fingerprint density at radius 3 is 2.38 bits per heavy atom. The first-order valence-electron chi connectivity index (χ1n) is 8.13. The molecule has 0 aliphatic carbocycles. The normalized spacial score (nSPS) is 11.8. The summed E-state index contributed by atoms with van der Waals surface area (Å²) in [5.74, 6) is -1.71. The molecule has 1 amide bonds. The Kier molecular flexibility index (Phi) is 6.08. The molecular weight excluding hydrogens is 340 g/mol. The SMILES string of the molecule is COc1ccc(C(C)=O)cc1CC(=O)N(C)[C@H](C)c1ccc(F)c(F)c1. The summed E-state index contributed by atoms with van der Waals surface area (Å²) in [5.41, 5.74) is 1.57. The number of ketones is 1. The van der Waals surface area contributed by atoms with E-state index in [1.165, 1.54) is 25.0 Å². The van der Waals surface area contributed by atoms with Gasteiger partial charge in [-0.15, -0.1) is 0 Å². The molecule has 2 rings (SSSR count). The first-order valence-corrected chi connectivity index (χ1v) is 8.13. The lowest BCUT2D eigenvalue weighted by atomic mass is 10.0. The lowest BCUT2D eigenvalue weighted by molar-refractivity contribution is -0.131. The standard InChI is InChI=1S/C20H21F2NO3/c1-12(14-5-7-17(21)18(22)10-14)23(3)20(25)11-16-9-15(13(2)24)6-8-19(16)26-4/h5-10,12H,11H2,1-4H3/t12-/m1/s1. The summed E-state index contributed by atoms with van der Waals surface area (Å²) in [6.07, 6.45) is 0.0226. The fraction of sp³-hybridized carbons (Fsp3) is 0.300. The Balaban J connectivity index is 2.21. The van der Waals surface area contributed by atoms with Gasteiger partial charge in [-0.05, 0) is 49.7 Å². The number of ether oxygens (including phenoxy) is 1. The molecule has 0 spiro atoms. The molecule has 138 valence electrons. The maximum Gasteiger partial charge on any atom is 0.227 e. The quantitative estimate of drug-likeness (QED) is 0.732. The van der Waals surface area contributed by atoms with Crippen molar-refractivity contribution >= 4 is 11.7 Å². The Labute approximate surface area is 151 Å². The summed E-state index contributed by atoms with van der Waals surface area (Å²) >= 11 is 0. The van der Waals surface area contributed by atoms with Gasteiger partial charge in [0, 0.05) is 18.2 Å². The van der Waals surface area contributed by atoms with Crippen LogP contribution in [0.25, 0.3) is 0 Å². The van der Waals surface area contributed by atoms with Gasteiger partial charge in [-0.1, -0.05) is 6.07 Å².